The van der Waals surface area contributed by atoms with Crippen LogP contribution in [0.25, 0.3) is 11.2 Å². The fraction of sp³-hybridized carbons (Fsp3) is 0.750. The van der Waals surface area contributed by atoms with Gasteiger partial charge in [-0.05, 0) is 33.1 Å². The first kappa shape index (κ1) is 16.3. The van der Waals surface area contributed by atoms with Gasteiger partial charge in [-0.2, -0.15) is 5.10 Å². The lowest BCUT2D eigenvalue weighted by atomic mass is 9.89. The molecule has 118 valence electrons. The van der Waals surface area contributed by atoms with Gasteiger partial charge in [0, 0.05) is 24.4 Å². The fourth-order valence-electron chi connectivity index (χ4n) is 3.41. The van der Waals surface area contributed by atoms with Crippen LogP contribution in [0.2, 0.25) is 0 Å². The Morgan fingerprint density at radius 1 is 1.10 bits per heavy atom. The number of aryl methyl sites for hydroxylation is 3. The van der Waals surface area contributed by atoms with E-state index in [1.165, 1.54) is 5.65 Å². The van der Waals surface area contributed by atoms with Gasteiger partial charge in [0.15, 0.2) is 5.65 Å². The van der Waals surface area contributed by atoms with Crippen LogP contribution in [0.3, 0.4) is 0 Å². The summed E-state index contributed by atoms with van der Waals surface area (Å²) in [7, 11) is 0. The first-order valence-corrected chi connectivity index (χ1v) is 8.63. The van der Waals surface area contributed by atoms with E-state index in [0.717, 1.165) is 49.3 Å². The molecule has 0 amide bonds. The number of hydrogen-bond donors (Lipinski definition) is 0. The third-order valence-electron chi connectivity index (χ3n) is 4.85. The lowest BCUT2D eigenvalue weighted by molar-refractivity contribution is 0.248. The summed E-state index contributed by atoms with van der Waals surface area (Å²) < 4.78 is 4.53. The zero-order valence-electron chi connectivity index (χ0n) is 13.9. The molecule has 0 spiro atoms. The molecule has 2 heterocycles. The Hall–Kier alpha value is -1.03. The summed E-state index contributed by atoms with van der Waals surface area (Å²) in [5.41, 5.74) is 3.33. The molecule has 21 heavy (non-hydrogen) atoms. The van der Waals surface area contributed by atoms with Crippen molar-refractivity contribution < 1.29 is 0 Å². The summed E-state index contributed by atoms with van der Waals surface area (Å²) in [5, 5.41) is 4.65. The van der Waals surface area contributed by atoms with E-state index in [-0.39, 0.29) is 5.54 Å². The van der Waals surface area contributed by atoms with Gasteiger partial charge in [0.05, 0.1) is 5.69 Å². The molecule has 0 bridgehead atoms. The Morgan fingerprint density at radius 2 is 1.71 bits per heavy atom. The van der Waals surface area contributed by atoms with Gasteiger partial charge >= 0.3 is 0 Å². The van der Waals surface area contributed by atoms with Crippen LogP contribution in [0.5, 0.6) is 0 Å². The van der Waals surface area contributed by atoms with Crippen molar-refractivity contribution in [2.75, 3.05) is 5.88 Å². The minimum Gasteiger partial charge on any atom is -0.307 e. The van der Waals surface area contributed by atoms with Crippen molar-refractivity contribution in [3.8, 4) is 0 Å². The van der Waals surface area contributed by atoms with Gasteiger partial charge in [-0.1, -0.05) is 20.8 Å². The normalized spacial score (nSPS) is 12.5. The van der Waals surface area contributed by atoms with Crippen molar-refractivity contribution in [2.24, 2.45) is 0 Å². The van der Waals surface area contributed by atoms with E-state index in [1.807, 2.05) is 6.92 Å². The van der Waals surface area contributed by atoms with E-state index in [9.17, 15) is 0 Å². The SMILES string of the molecule is CCn1nc(C)c2nc(CCCl)n(C(CC)(CC)CC)c21. The van der Waals surface area contributed by atoms with Crippen LogP contribution in [0.1, 0.15) is 58.5 Å². The highest BCUT2D eigenvalue weighted by Gasteiger charge is 2.32. The molecule has 0 radical (unpaired) electrons. The van der Waals surface area contributed by atoms with Gasteiger partial charge in [-0.15, -0.1) is 11.6 Å². The summed E-state index contributed by atoms with van der Waals surface area (Å²) in [5.74, 6) is 1.71. The quantitative estimate of drug-likeness (QED) is 0.716. The highest BCUT2D eigenvalue weighted by Crippen LogP contribution is 2.35. The molecule has 2 aromatic heterocycles. The minimum absolute atomic E-state index is 0.107. The average Bonchev–Trinajstić information content (AvgIpc) is 3.01. The van der Waals surface area contributed by atoms with Gasteiger partial charge in [-0.3, -0.25) is 0 Å². The third-order valence-corrected chi connectivity index (χ3v) is 5.04. The molecule has 0 aromatic carbocycles. The molecular weight excluding hydrogens is 284 g/mol. The second-order valence-corrected chi connectivity index (χ2v) is 6.04. The van der Waals surface area contributed by atoms with E-state index in [2.05, 4.69) is 42.0 Å². The zero-order chi connectivity index (χ0) is 15.6. The molecule has 0 saturated carbocycles. The Bertz CT molecular complexity index is 599. The minimum atomic E-state index is 0.107. The predicted molar refractivity (Wildman–Crippen MR) is 89.2 cm³/mol. The molecular formula is C16H27ClN4. The number of aromatic nitrogens is 4. The topological polar surface area (TPSA) is 35.6 Å². The first-order chi connectivity index (χ1) is 10.1. The molecule has 0 aliphatic heterocycles. The Balaban J connectivity index is 2.81. The van der Waals surface area contributed by atoms with Crippen LogP contribution >= 0.6 is 11.6 Å². The zero-order valence-corrected chi connectivity index (χ0v) is 14.7. The molecule has 0 fully saturated rings. The van der Waals surface area contributed by atoms with Crippen molar-refractivity contribution in [3.63, 3.8) is 0 Å². The standard InChI is InChI=1S/C16H27ClN4/c1-6-16(7-2,8-3)21-13(10-11-17)18-14-12(5)19-20(9-4)15(14)21/h6-11H2,1-5H3. The highest BCUT2D eigenvalue weighted by atomic mass is 35.5. The maximum absolute atomic E-state index is 6.02. The lowest BCUT2D eigenvalue weighted by Crippen LogP contribution is -2.34. The van der Waals surface area contributed by atoms with Crippen molar-refractivity contribution in [1.82, 2.24) is 19.3 Å². The smallest absolute Gasteiger partial charge is 0.159 e. The first-order valence-electron chi connectivity index (χ1n) is 8.09. The van der Waals surface area contributed by atoms with E-state index in [4.69, 9.17) is 16.6 Å². The molecule has 4 nitrogen and oxygen atoms in total. The maximum Gasteiger partial charge on any atom is 0.159 e. The number of hydrogen-bond acceptors (Lipinski definition) is 2. The van der Waals surface area contributed by atoms with E-state index in [0.29, 0.717) is 5.88 Å². The summed E-state index contributed by atoms with van der Waals surface area (Å²) in [6, 6.07) is 0. The van der Waals surface area contributed by atoms with Crippen molar-refractivity contribution in [1.29, 1.82) is 0 Å². The predicted octanol–water partition coefficient (Wildman–Crippen LogP) is 4.27. The Labute approximate surface area is 132 Å². The van der Waals surface area contributed by atoms with E-state index >= 15 is 0 Å². The van der Waals surface area contributed by atoms with Crippen molar-refractivity contribution >= 4 is 22.8 Å². The molecule has 2 rings (SSSR count). The van der Waals surface area contributed by atoms with Gasteiger partial charge in [0.25, 0.3) is 0 Å². The molecule has 0 unspecified atom stereocenters. The van der Waals surface area contributed by atoms with Gasteiger partial charge in [-0.25, -0.2) is 9.67 Å². The van der Waals surface area contributed by atoms with Crippen LogP contribution in [0.4, 0.5) is 0 Å². The van der Waals surface area contributed by atoms with E-state index < -0.39 is 0 Å². The van der Waals surface area contributed by atoms with Gasteiger partial charge < -0.3 is 4.57 Å². The number of imidazole rings is 1. The number of nitrogens with zero attached hydrogens (tertiary/aromatic N) is 4. The summed E-state index contributed by atoms with van der Waals surface area (Å²) in [6.07, 6.45) is 4.08. The molecule has 0 saturated heterocycles. The summed E-state index contributed by atoms with van der Waals surface area (Å²) >= 11 is 6.02. The number of halogens is 1. The molecule has 5 heteroatoms. The third kappa shape index (κ3) is 2.48. The number of alkyl halides is 1. The highest BCUT2D eigenvalue weighted by molar-refractivity contribution is 6.17. The monoisotopic (exact) mass is 310 g/mol. The maximum atomic E-state index is 6.02. The molecule has 0 aliphatic carbocycles. The largest absolute Gasteiger partial charge is 0.307 e. The van der Waals surface area contributed by atoms with E-state index in [1.54, 1.807) is 0 Å². The fourth-order valence-corrected chi connectivity index (χ4v) is 3.58. The second-order valence-electron chi connectivity index (χ2n) is 5.66. The van der Waals surface area contributed by atoms with Crippen LogP contribution in [0.15, 0.2) is 0 Å². The number of rotatable bonds is 7. The van der Waals surface area contributed by atoms with Crippen LogP contribution < -0.4 is 0 Å². The van der Waals surface area contributed by atoms with Crippen LogP contribution in [0, 0.1) is 6.92 Å². The lowest BCUT2D eigenvalue weighted by Gasteiger charge is -2.34. The van der Waals surface area contributed by atoms with Gasteiger partial charge in [0.2, 0.25) is 0 Å². The van der Waals surface area contributed by atoms with Crippen LogP contribution in [-0.2, 0) is 18.5 Å². The summed E-state index contributed by atoms with van der Waals surface area (Å²) in [4.78, 5) is 4.88. The van der Waals surface area contributed by atoms with Crippen molar-refractivity contribution in [3.05, 3.63) is 11.5 Å². The Kier molecular flexibility index (Phi) is 4.97. The molecule has 0 aliphatic rings. The molecule has 0 atom stereocenters. The second kappa shape index (κ2) is 6.39. The van der Waals surface area contributed by atoms with Crippen molar-refractivity contribution in [2.45, 2.75) is 72.4 Å². The Morgan fingerprint density at radius 3 is 2.19 bits per heavy atom. The number of fused-ring (bicyclic) bond motifs is 1. The summed E-state index contributed by atoms with van der Waals surface area (Å²) in [6.45, 7) is 11.8. The molecule has 2 aromatic rings. The molecule has 0 N–H and O–H groups in total. The van der Waals surface area contributed by atoms with Crippen LogP contribution in [-0.4, -0.2) is 25.2 Å². The van der Waals surface area contributed by atoms with Gasteiger partial charge in [0.1, 0.15) is 11.3 Å². The average molecular weight is 311 g/mol.